The second kappa shape index (κ2) is 10.0. The summed E-state index contributed by atoms with van der Waals surface area (Å²) in [6.07, 6.45) is 6.84. The number of hydrogen-bond acceptors (Lipinski definition) is 6. The van der Waals surface area contributed by atoms with Crippen LogP contribution in [-0.4, -0.2) is 41.9 Å². The van der Waals surface area contributed by atoms with E-state index in [1.165, 1.54) is 4.90 Å². The van der Waals surface area contributed by atoms with Crippen LogP contribution in [0.1, 0.15) is 39.0 Å². The van der Waals surface area contributed by atoms with Crippen molar-refractivity contribution in [3.05, 3.63) is 24.4 Å². The monoisotopic (exact) mass is 324 g/mol. The summed E-state index contributed by atoms with van der Waals surface area (Å²) in [6, 6.07) is -1.17. The minimum absolute atomic E-state index is 0.195. The van der Waals surface area contributed by atoms with Crippen molar-refractivity contribution in [2.45, 2.75) is 51.1 Å². The summed E-state index contributed by atoms with van der Waals surface area (Å²) in [7, 11) is 0. The molecule has 7 nitrogen and oxygen atoms in total. The van der Waals surface area contributed by atoms with Crippen molar-refractivity contribution in [3.8, 4) is 0 Å². The van der Waals surface area contributed by atoms with Crippen LogP contribution in [0.25, 0.3) is 0 Å². The van der Waals surface area contributed by atoms with E-state index >= 15 is 0 Å². The zero-order valence-electron chi connectivity index (χ0n) is 13.8. The summed E-state index contributed by atoms with van der Waals surface area (Å²) < 4.78 is 0. The van der Waals surface area contributed by atoms with Crippen LogP contribution in [0.5, 0.6) is 0 Å². The minimum Gasteiger partial charge on any atom is -0.341 e. The van der Waals surface area contributed by atoms with E-state index in [2.05, 4.69) is 12.1 Å². The van der Waals surface area contributed by atoms with Gasteiger partial charge in [-0.05, 0) is 45.2 Å². The highest BCUT2D eigenvalue weighted by molar-refractivity contribution is 5.88. The Morgan fingerprint density at radius 1 is 1.48 bits per heavy atom. The van der Waals surface area contributed by atoms with Crippen molar-refractivity contribution < 1.29 is 14.4 Å². The molecule has 0 aliphatic carbocycles. The Hall–Kier alpha value is -1.86. The molecule has 0 aromatic carbocycles. The van der Waals surface area contributed by atoms with E-state index in [1.54, 1.807) is 19.1 Å². The smallest absolute Gasteiger partial charge is 0.341 e. The molecule has 1 amide bonds. The Kier molecular flexibility index (Phi) is 8.36. The SMILES string of the molecule is C=C/C=C(\C)NOC(=O)[C@@H]1CCCN1C(=O)[C@@H](N)CCCCN. The van der Waals surface area contributed by atoms with Crippen molar-refractivity contribution >= 4 is 11.9 Å². The molecular weight excluding hydrogens is 296 g/mol. The van der Waals surface area contributed by atoms with Gasteiger partial charge in [0.1, 0.15) is 6.04 Å². The summed E-state index contributed by atoms with van der Waals surface area (Å²) >= 11 is 0. The summed E-state index contributed by atoms with van der Waals surface area (Å²) in [5.74, 6) is -0.665. The Morgan fingerprint density at radius 2 is 2.22 bits per heavy atom. The van der Waals surface area contributed by atoms with Crippen LogP contribution < -0.4 is 16.9 Å². The summed E-state index contributed by atoms with van der Waals surface area (Å²) in [4.78, 5) is 31.1. The zero-order valence-corrected chi connectivity index (χ0v) is 13.8. The molecular formula is C16H28N4O3. The van der Waals surface area contributed by atoms with Gasteiger partial charge in [0.05, 0.1) is 6.04 Å². The summed E-state index contributed by atoms with van der Waals surface area (Å²) in [5.41, 5.74) is 14.6. The van der Waals surface area contributed by atoms with Gasteiger partial charge in [0.25, 0.3) is 0 Å². The molecule has 1 aliphatic rings. The lowest BCUT2D eigenvalue weighted by atomic mass is 10.1. The number of nitrogens with one attached hydrogen (secondary N) is 1. The van der Waals surface area contributed by atoms with Crippen LogP contribution >= 0.6 is 0 Å². The Labute approximate surface area is 137 Å². The van der Waals surface area contributed by atoms with Gasteiger partial charge >= 0.3 is 5.97 Å². The molecule has 1 fully saturated rings. The fourth-order valence-electron chi connectivity index (χ4n) is 2.53. The molecule has 23 heavy (non-hydrogen) atoms. The van der Waals surface area contributed by atoms with Crippen LogP contribution in [0.4, 0.5) is 0 Å². The van der Waals surface area contributed by atoms with Gasteiger partial charge in [-0.25, -0.2) is 10.3 Å². The molecule has 1 aliphatic heterocycles. The molecule has 1 saturated heterocycles. The maximum absolute atomic E-state index is 12.4. The van der Waals surface area contributed by atoms with E-state index in [4.69, 9.17) is 16.3 Å². The standard InChI is InChI=1S/C16H28N4O3/c1-3-7-12(2)19-23-16(22)14-9-6-11-20(14)15(21)13(18)8-4-5-10-17/h3,7,13-14,19H,1,4-6,8-11,17-18H2,2H3/b12-7+/t13-,14-/m0/s1. The fourth-order valence-corrected chi connectivity index (χ4v) is 2.53. The first-order chi connectivity index (χ1) is 11.0. The van der Waals surface area contributed by atoms with Crippen molar-refractivity contribution in [2.24, 2.45) is 11.5 Å². The number of carbonyl (C=O) groups is 2. The van der Waals surface area contributed by atoms with Crippen molar-refractivity contribution in [1.82, 2.24) is 10.4 Å². The number of allylic oxidation sites excluding steroid dienone is 3. The van der Waals surface area contributed by atoms with Gasteiger partial charge in [0.15, 0.2) is 0 Å². The van der Waals surface area contributed by atoms with E-state index in [9.17, 15) is 9.59 Å². The van der Waals surface area contributed by atoms with Gasteiger partial charge in [-0.2, -0.15) is 0 Å². The number of nitrogens with two attached hydrogens (primary N) is 2. The van der Waals surface area contributed by atoms with Crippen molar-refractivity contribution in [1.29, 1.82) is 0 Å². The van der Waals surface area contributed by atoms with Crippen molar-refractivity contribution in [3.63, 3.8) is 0 Å². The van der Waals surface area contributed by atoms with Crippen LogP contribution in [0, 0.1) is 0 Å². The molecule has 1 heterocycles. The van der Waals surface area contributed by atoms with E-state index in [0.29, 0.717) is 31.6 Å². The number of unbranched alkanes of at least 4 members (excludes halogenated alkanes) is 1. The average molecular weight is 324 g/mol. The molecule has 0 spiro atoms. The average Bonchev–Trinajstić information content (AvgIpc) is 3.01. The highest BCUT2D eigenvalue weighted by atomic mass is 16.7. The molecule has 2 atom stereocenters. The van der Waals surface area contributed by atoms with E-state index in [1.807, 2.05) is 0 Å². The molecule has 0 unspecified atom stereocenters. The van der Waals surface area contributed by atoms with Crippen LogP contribution in [0.15, 0.2) is 24.4 Å². The first kappa shape index (κ1) is 19.2. The predicted octanol–water partition coefficient (Wildman–Crippen LogP) is 0.571. The van der Waals surface area contributed by atoms with Gasteiger partial charge in [-0.3, -0.25) is 4.79 Å². The third-order valence-corrected chi connectivity index (χ3v) is 3.77. The number of carbonyl (C=O) groups excluding carboxylic acids is 2. The second-order valence-corrected chi connectivity index (χ2v) is 5.69. The topological polar surface area (TPSA) is 111 Å². The first-order valence-electron chi connectivity index (χ1n) is 8.03. The molecule has 0 bridgehead atoms. The highest BCUT2D eigenvalue weighted by Crippen LogP contribution is 2.20. The van der Waals surface area contributed by atoms with Crippen molar-refractivity contribution in [2.75, 3.05) is 13.1 Å². The lowest BCUT2D eigenvalue weighted by Crippen LogP contribution is -2.49. The lowest BCUT2D eigenvalue weighted by molar-refractivity contribution is -0.158. The Balaban J connectivity index is 2.54. The number of hydrogen-bond donors (Lipinski definition) is 3. The number of nitrogens with zero attached hydrogens (tertiary/aromatic N) is 1. The fraction of sp³-hybridized carbons (Fsp3) is 0.625. The maximum atomic E-state index is 12.4. The molecule has 0 aromatic rings. The second-order valence-electron chi connectivity index (χ2n) is 5.69. The number of hydroxylamine groups is 1. The molecule has 7 heteroatoms. The maximum Gasteiger partial charge on any atom is 0.354 e. The summed E-state index contributed by atoms with van der Waals surface area (Å²) in [5, 5.41) is 0. The van der Waals surface area contributed by atoms with Crippen LogP contribution in [0.3, 0.4) is 0 Å². The molecule has 5 N–H and O–H groups in total. The third kappa shape index (κ3) is 6.03. The predicted molar refractivity (Wildman–Crippen MR) is 88.8 cm³/mol. The molecule has 130 valence electrons. The quantitative estimate of drug-likeness (QED) is 0.325. The zero-order chi connectivity index (χ0) is 17.2. The third-order valence-electron chi connectivity index (χ3n) is 3.77. The number of rotatable bonds is 9. The number of likely N-dealkylation sites (tertiary alicyclic amines) is 1. The Bertz CT molecular complexity index is 451. The van der Waals surface area contributed by atoms with Gasteiger partial charge in [-0.15, -0.1) is 0 Å². The normalized spacial score (nSPS) is 19.3. The highest BCUT2D eigenvalue weighted by Gasteiger charge is 2.37. The van der Waals surface area contributed by atoms with Crippen LogP contribution in [0.2, 0.25) is 0 Å². The number of amides is 1. The van der Waals surface area contributed by atoms with Gasteiger partial charge in [-0.1, -0.05) is 19.1 Å². The largest absolute Gasteiger partial charge is 0.354 e. The molecule has 0 radical (unpaired) electrons. The minimum atomic E-state index is -0.592. The molecule has 0 aromatic heterocycles. The first-order valence-corrected chi connectivity index (χ1v) is 8.03. The van der Waals surface area contributed by atoms with Gasteiger partial charge < -0.3 is 21.2 Å². The molecule has 1 rings (SSSR count). The van der Waals surface area contributed by atoms with E-state index in [-0.39, 0.29) is 5.91 Å². The lowest BCUT2D eigenvalue weighted by Gasteiger charge is -2.26. The van der Waals surface area contributed by atoms with E-state index in [0.717, 1.165) is 19.3 Å². The van der Waals surface area contributed by atoms with Crippen LogP contribution in [-0.2, 0) is 14.4 Å². The Morgan fingerprint density at radius 3 is 2.87 bits per heavy atom. The van der Waals surface area contributed by atoms with E-state index < -0.39 is 18.1 Å². The van der Waals surface area contributed by atoms with Gasteiger partial charge in [0, 0.05) is 12.2 Å². The molecule has 0 saturated carbocycles. The van der Waals surface area contributed by atoms with Gasteiger partial charge in [0.2, 0.25) is 5.91 Å². The summed E-state index contributed by atoms with van der Waals surface area (Å²) in [6.45, 7) is 6.43.